The van der Waals surface area contributed by atoms with Gasteiger partial charge in [0.2, 0.25) is 0 Å². The van der Waals surface area contributed by atoms with E-state index in [-0.39, 0.29) is 0 Å². The van der Waals surface area contributed by atoms with Crippen molar-refractivity contribution in [1.29, 1.82) is 0 Å². The van der Waals surface area contributed by atoms with Gasteiger partial charge in [-0.1, -0.05) is 13.3 Å². The second-order valence-corrected chi connectivity index (χ2v) is 5.15. The van der Waals surface area contributed by atoms with Gasteiger partial charge in [0.15, 0.2) is 6.61 Å². The summed E-state index contributed by atoms with van der Waals surface area (Å²) < 4.78 is 5.52. The molecule has 0 radical (unpaired) electrons. The van der Waals surface area contributed by atoms with Crippen LogP contribution in [0.15, 0.2) is 12.2 Å². The van der Waals surface area contributed by atoms with Crippen LogP contribution in [0.1, 0.15) is 45.4 Å². The maximum Gasteiger partial charge on any atom is 0.335 e. The minimum Gasteiger partial charge on any atom is -0.457 e. The Balaban J connectivity index is 1.83. The number of hydrogen-bond acceptors (Lipinski definition) is 5. The molecule has 0 aromatic carbocycles. The third-order valence-corrected chi connectivity index (χ3v) is 3.82. The first-order valence-electron chi connectivity index (χ1n) is 6.97. The molecule has 0 atom stereocenters. The fourth-order valence-corrected chi connectivity index (χ4v) is 2.63. The van der Waals surface area contributed by atoms with Gasteiger partial charge in [0, 0.05) is 12.2 Å². The molecular formula is C14H19NO5. The lowest BCUT2D eigenvalue weighted by Crippen LogP contribution is -2.39. The third-order valence-electron chi connectivity index (χ3n) is 3.82. The van der Waals surface area contributed by atoms with Gasteiger partial charge >= 0.3 is 5.97 Å². The zero-order valence-corrected chi connectivity index (χ0v) is 11.6. The zero-order valence-electron chi connectivity index (χ0n) is 11.6. The molecule has 0 aromatic rings. The van der Waals surface area contributed by atoms with E-state index in [2.05, 4.69) is 0 Å². The molecule has 6 nitrogen and oxygen atoms in total. The molecule has 1 aliphatic carbocycles. The summed E-state index contributed by atoms with van der Waals surface area (Å²) in [4.78, 5) is 39.2. The van der Waals surface area contributed by atoms with E-state index < -0.39 is 30.0 Å². The largest absolute Gasteiger partial charge is 0.457 e. The normalized spacial score (nSPS) is 21.4. The average Bonchev–Trinajstić information content (AvgIpc) is 2.77. The molecule has 1 heterocycles. The molecule has 0 spiro atoms. The number of ether oxygens (including phenoxy) is 1. The molecule has 0 aromatic heterocycles. The highest BCUT2D eigenvalue weighted by Gasteiger charge is 2.34. The molecule has 0 unspecified atom stereocenters. The van der Waals surface area contributed by atoms with Crippen LogP contribution in [-0.4, -0.2) is 35.1 Å². The van der Waals surface area contributed by atoms with Crippen molar-refractivity contribution >= 4 is 17.8 Å². The summed E-state index contributed by atoms with van der Waals surface area (Å²) >= 11 is 0. The Morgan fingerprint density at radius 2 is 1.80 bits per heavy atom. The molecule has 20 heavy (non-hydrogen) atoms. The monoisotopic (exact) mass is 281 g/mol. The molecule has 2 aliphatic rings. The maximum atomic E-state index is 11.8. The minimum atomic E-state index is -0.578. The number of imide groups is 1. The molecule has 2 rings (SSSR count). The SMILES string of the molecule is CCC1(OC(=O)CON2C(=O)C=CC2=O)CCCCC1. The van der Waals surface area contributed by atoms with E-state index in [1.54, 1.807) is 0 Å². The lowest BCUT2D eigenvalue weighted by molar-refractivity contribution is -0.198. The summed E-state index contributed by atoms with van der Waals surface area (Å²) in [5.74, 6) is -1.70. The first-order chi connectivity index (χ1) is 9.56. The van der Waals surface area contributed by atoms with E-state index in [0.717, 1.165) is 50.7 Å². The number of hydroxylamine groups is 2. The van der Waals surface area contributed by atoms with Crippen LogP contribution in [0.3, 0.4) is 0 Å². The number of hydrogen-bond donors (Lipinski definition) is 0. The van der Waals surface area contributed by atoms with Crippen LogP contribution in [0.2, 0.25) is 0 Å². The standard InChI is InChI=1S/C14H19NO5/c1-2-14(8-4-3-5-9-14)20-13(18)10-19-15-11(16)6-7-12(15)17/h6-7H,2-5,8-10H2,1H3. The van der Waals surface area contributed by atoms with Gasteiger partial charge in [-0.2, -0.15) is 0 Å². The lowest BCUT2D eigenvalue weighted by atomic mass is 9.83. The van der Waals surface area contributed by atoms with Gasteiger partial charge in [-0.05, 0) is 32.1 Å². The second-order valence-electron chi connectivity index (χ2n) is 5.15. The predicted molar refractivity (Wildman–Crippen MR) is 69.1 cm³/mol. The van der Waals surface area contributed by atoms with Gasteiger partial charge in [-0.25, -0.2) is 4.79 Å². The van der Waals surface area contributed by atoms with Gasteiger partial charge in [-0.15, -0.1) is 5.06 Å². The van der Waals surface area contributed by atoms with Crippen molar-refractivity contribution in [1.82, 2.24) is 5.06 Å². The van der Waals surface area contributed by atoms with Crippen LogP contribution in [0, 0.1) is 0 Å². The average molecular weight is 281 g/mol. The number of esters is 1. The molecule has 6 heteroatoms. The highest BCUT2D eigenvalue weighted by Crippen LogP contribution is 2.34. The molecule has 0 saturated heterocycles. The Labute approximate surface area is 117 Å². The predicted octanol–water partition coefficient (Wildman–Crippen LogP) is 1.50. The number of carbonyl (C=O) groups is 3. The van der Waals surface area contributed by atoms with Crippen molar-refractivity contribution in [2.24, 2.45) is 0 Å². The zero-order chi connectivity index (χ0) is 14.6. The molecule has 2 amide bonds. The second kappa shape index (κ2) is 6.17. The molecular weight excluding hydrogens is 262 g/mol. The summed E-state index contributed by atoms with van der Waals surface area (Å²) in [6.07, 6.45) is 7.95. The molecule has 110 valence electrons. The van der Waals surface area contributed by atoms with E-state index in [9.17, 15) is 14.4 Å². The number of nitrogens with zero attached hydrogens (tertiary/aromatic N) is 1. The van der Waals surface area contributed by atoms with Gasteiger partial charge in [0.05, 0.1) is 0 Å². The lowest BCUT2D eigenvalue weighted by Gasteiger charge is -2.36. The fraction of sp³-hybridized carbons (Fsp3) is 0.643. The maximum absolute atomic E-state index is 11.8. The van der Waals surface area contributed by atoms with Gasteiger partial charge < -0.3 is 4.74 Å². The van der Waals surface area contributed by atoms with Gasteiger partial charge in [0.25, 0.3) is 11.8 Å². The first-order valence-corrected chi connectivity index (χ1v) is 6.97. The summed E-state index contributed by atoms with van der Waals surface area (Å²) in [5.41, 5.74) is -0.407. The van der Waals surface area contributed by atoms with Gasteiger partial charge in [0.1, 0.15) is 5.60 Å². The van der Waals surface area contributed by atoms with Crippen LogP contribution in [0.4, 0.5) is 0 Å². The Morgan fingerprint density at radius 1 is 1.20 bits per heavy atom. The van der Waals surface area contributed by atoms with E-state index in [1.807, 2.05) is 6.92 Å². The highest BCUT2D eigenvalue weighted by molar-refractivity contribution is 6.11. The van der Waals surface area contributed by atoms with Crippen LogP contribution in [0.5, 0.6) is 0 Å². The Bertz CT molecular complexity index is 419. The van der Waals surface area contributed by atoms with Crippen molar-refractivity contribution in [3.63, 3.8) is 0 Å². The van der Waals surface area contributed by atoms with Crippen molar-refractivity contribution in [2.45, 2.75) is 51.0 Å². The molecule has 1 fully saturated rings. The van der Waals surface area contributed by atoms with Crippen molar-refractivity contribution in [3.05, 3.63) is 12.2 Å². The van der Waals surface area contributed by atoms with Crippen molar-refractivity contribution < 1.29 is 24.0 Å². The topological polar surface area (TPSA) is 72.9 Å². The van der Waals surface area contributed by atoms with Crippen LogP contribution >= 0.6 is 0 Å². The van der Waals surface area contributed by atoms with Gasteiger partial charge in [-0.3, -0.25) is 14.4 Å². The molecule has 1 saturated carbocycles. The smallest absolute Gasteiger partial charge is 0.335 e. The number of rotatable bonds is 5. The number of amides is 2. The van der Waals surface area contributed by atoms with Crippen molar-refractivity contribution in [3.8, 4) is 0 Å². The highest BCUT2D eigenvalue weighted by atomic mass is 16.7. The Kier molecular flexibility index (Phi) is 4.54. The summed E-state index contributed by atoms with van der Waals surface area (Å²) in [6.45, 7) is 1.57. The fourth-order valence-electron chi connectivity index (χ4n) is 2.63. The summed E-state index contributed by atoms with van der Waals surface area (Å²) in [7, 11) is 0. The minimum absolute atomic E-state index is 0.407. The van der Waals surface area contributed by atoms with E-state index in [4.69, 9.17) is 9.57 Å². The molecule has 1 aliphatic heterocycles. The van der Waals surface area contributed by atoms with Crippen LogP contribution in [0.25, 0.3) is 0 Å². The molecule has 0 N–H and O–H groups in total. The number of carbonyl (C=O) groups excluding carboxylic acids is 3. The van der Waals surface area contributed by atoms with E-state index in [1.165, 1.54) is 0 Å². The van der Waals surface area contributed by atoms with E-state index in [0.29, 0.717) is 5.06 Å². The van der Waals surface area contributed by atoms with Crippen LogP contribution < -0.4 is 0 Å². The summed E-state index contributed by atoms with van der Waals surface area (Å²) in [5, 5.41) is 0.570. The Morgan fingerprint density at radius 3 is 2.35 bits per heavy atom. The molecule has 0 bridgehead atoms. The third kappa shape index (κ3) is 3.25. The first kappa shape index (κ1) is 14.7. The quantitative estimate of drug-likeness (QED) is 0.564. The van der Waals surface area contributed by atoms with E-state index >= 15 is 0 Å². The Hall–Kier alpha value is -1.69. The van der Waals surface area contributed by atoms with Crippen LogP contribution in [-0.2, 0) is 24.0 Å². The van der Waals surface area contributed by atoms with Crippen molar-refractivity contribution in [2.75, 3.05) is 6.61 Å². The summed E-state index contributed by atoms with van der Waals surface area (Å²) in [6, 6.07) is 0.